The fourth-order valence-corrected chi connectivity index (χ4v) is 5.61. The Bertz CT molecular complexity index is 1250. The van der Waals surface area contributed by atoms with Crippen LogP contribution in [0.4, 0.5) is 0 Å². The van der Waals surface area contributed by atoms with Crippen LogP contribution in [0.1, 0.15) is 52.3 Å². The lowest BCUT2D eigenvalue weighted by Crippen LogP contribution is -2.59. The maximum absolute atomic E-state index is 13.8. The van der Waals surface area contributed by atoms with Crippen molar-refractivity contribution in [2.45, 2.75) is 66.6 Å². The quantitative estimate of drug-likeness (QED) is 0.180. The van der Waals surface area contributed by atoms with E-state index in [-0.39, 0.29) is 31.6 Å². The first-order chi connectivity index (χ1) is 18.8. The maximum Gasteiger partial charge on any atom is 0.246 e. The van der Waals surface area contributed by atoms with Crippen molar-refractivity contribution in [2.24, 2.45) is 15.9 Å². The second-order valence-electron chi connectivity index (χ2n) is 11.7. The van der Waals surface area contributed by atoms with Gasteiger partial charge in [0.05, 0.1) is 22.7 Å². The van der Waals surface area contributed by atoms with Crippen LogP contribution in [0.2, 0.25) is 0 Å². The van der Waals surface area contributed by atoms with Crippen LogP contribution in [-0.4, -0.2) is 66.0 Å². The first-order valence-electron chi connectivity index (χ1n) is 13.3. The molecule has 40 heavy (non-hydrogen) atoms. The van der Waals surface area contributed by atoms with Gasteiger partial charge in [-0.05, 0) is 40.8 Å². The minimum atomic E-state index is -0.854. The van der Waals surface area contributed by atoms with Crippen LogP contribution in [0.25, 0.3) is 20.9 Å². The number of aryl methyl sites for hydroxylation is 1. The van der Waals surface area contributed by atoms with E-state index in [9.17, 15) is 14.4 Å². The topological polar surface area (TPSA) is 149 Å². The standard InChI is InChI=1S/C28H39N7O4S/c1-18-22(40-17-31-18)20-9-7-19(8-10-20)15-30-25(37)24-28(5,6)11-13-35(24)26(38)23(27(2,3)4)33-21(36)16-39-14-12-32-34-29/h7-10,17,23-24H,11-16H2,1-6H3,(H,30,37)(H,33,36)/t23-,24-/m1/s1. The van der Waals surface area contributed by atoms with Gasteiger partial charge in [0.1, 0.15) is 18.7 Å². The molecular weight excluding hydrogens is 530 g/mol. The van der Waals surface area contributed by atoms with Crippen LogP contribution in [0, 0.1) is 17.8 Å². The molecule has 0 saturated carbocycles. The number of benzene rings is 1. The molecule has 2 aromatic rings. The van der Waals surface area contributed by atoms with Crippen molar-refractivity contribution in [3.8, 4) is 10.4 Å². The Balaban J connectivity index is 1.67. The van der Waals surface area contributed by atoms with Gasteiger partial charge in [-0.25, -0.2) is 4.98 Å². The summed E-state index contributed by atoms with van der Waals surface area (Å²) in [6.45, 7) is 12.2. The number of hydrogen-bond acceptors (Lipinski definition) is 7. The molecule has 0 spiro atoms. The van der Waals surface area contributed by atoms with Gasteiger partial charge in [-0.15, -0.1) is 11.3 Å². The number of hydrogen-bond donors (Lipinski definition) is 2. The highest BCUT2D eigenvalue weighted by molar-refractivity contribution is 7.13. The molecule has 1 aliphatic heterocycles. The van der Waals surface area contributed by atoms with Crippen LogP contribution in [-0.2, 0) is 25.7 Å². The summed E-state index contributed by atoms with van der Waals surface area (Å²) in [5.74, 6) is -0.978. The number of thiazole rings is 1. The molecule has 0 aliphatic carbocycles. The van der Waals surface area contributed by atoms with Gasteiger partial charge in [0, 0.05) is 24.5 Å². The molecule has 1 fully saturated rings. The third-order valence-corrected chi connectivity index (χ3v) is 8.04. The molecule has 1 saturated heterocycles. The van der Waals surface area contributed by atoms with Gasteiger partial charge in [0.25, 0.3) is 0 Å². The van der Waals surface area contributed by atoms with E-state index in [2.05, 4.69) is 25.6 Å². The Morgan fingerprint density at radius 2 is 1.98 bits per heavy atom. The zero-order valence-corrected chi connectivity index (χ0v) is 24.9. The summed E-state index contributed by atoms with van der Waals surface area (Å²) in [4.78, 5) is 49.6. The minimum Gasteiger partial charge on any atom is -0.372 e. The third kappa shape index (κ3) is 7.80. The lowest BCUT2D eigenvalue weighted by atomic mass is 9.83. The van der Waals surface area contributed by atoms with Crippen LogP contribution in [0.3, 0.4) is 0 Å². The first-order valence-corrected chi connectivity index (χ1v) is 14.2. The Kier molecular flexibility index (Phi) is 10.3. The molecule has 1 aliphatic rings. The molecule has 2 N–H and O–H groups in total. The summed E-state index contributed by atoms with van der Waals surface area (Å²) >= 11 is 1.59. The van der Waals surface area contributed by atoms with Gasteiger partial charge in [0.2, 0.25) is 17.7 Å². The van der Waals surface area contributed by atoms with Crippen LogP contribution in [0.5, 0.6) is 0 Å². The van der Waals surface area contributed by atoms with Crippen LogP contribution < -0.4 is 10.6 Å². The molecule has 0 radical (unpaired) electrons. The monoisotopic (exact) mass is 569 g/mol. The molecule has 12 heteroatoms. The Morgan fingerprint density at radius 1 is 1.27 bits per heavy atom. The summed E-state index contributed by atoms with van der Waals surface area (Å²) in [6.07, 6.45) is 0.660. The molecule has 1 aromatic carbocycles. The predicted molar refractivity (Wildman–Crippen MR) is 154 cm³/mol. The number of aromatic nitrogens is 1. The molecule has 2 atom stereocenters. The molecule has 3 amide bonds. The van der Waals surface area contributed by atoms with Crippen molar-refractivity contribution in [3.63, 3.8) is 0 Å². The Labute approximate surface area is 239 Å². The van der Waals surface area contributed by atoms with E-state index in [0.29, 0.717) is 19.5 Å². The molecule has 0 bridgehead atoms. The van der Waals surface area contributed by atoms with E-state index in [1.54, 1.807) is 16.2 Å². The predicted octanol–water partition coefficient (Wildman–Crippen LogP) is 4.22. The zero-order chi connectivity index (χ0) is 29.5. The van der Waals surface area contributed by atoms with Gasteiger partial charge in [0.15, 0.2) is 0 Å². The summed E-state index contributed by atoms with van der Waals surface area (Å²) in [5.41, 5.74) is 12.1. The maximum atomic E-state index is 13.8. The first kappa shape index (κ1) is 31.1. The van der Waals surface area contributed by atoms with Gasteiger partial charge >= 0.3 is 0 Å². The summed E-state index contributed by atoms with van der Waals surface area (Å²) in [7, 11) is 0. The second kappa shape index (κ2) is 13.3. The van der Waals surface area contributed by atoms with Gasteiger partial charge in [-0.3, -0.25) is 14.4 Å². The Morgan fingerprint density at radius 3 is 2.58 bits per heavy atom. The average molecular weight is 570 g/mol. The lowest BCUT2D eigenvalue weighted by molar-refractivity contribution is -0.146. The highest BCUT2D eigenvalue weighted by Gasteiger charge is 2.49. The number of carbonyl (C=O) groups is 3. The number of likely N-dealkylation sites (tertiary alicyclic amines) is 1. The van der Waals surface area contributed by atoms with Gasteiger partial charge in [-0.1, -0.05) is 64.0 Å². The van der Waals surface area contributed by atoms with Crippen molar-refractivity contribution in [1.82, 2.24) is 20.5 Å². The molecule has 0 unspecified atom stereocenters. The van der Waals surface area contributed by atoms with Crippen molar-refractivity contribution in [1.29, 1.82) is 0 Å². The third-order valence-electron chi connectivity index (χ3n) is 7.06. The molecule has 1 aromatic heterocycles. The van der Waals surface area contributed by atoms with Gasteiger partial charge in [-0.2, -0.15) is 0 Å². The van der Waals surface area contributed by atoms with Crippen molar-refractivity contribution >= 4 is 29.1 Å². The summed E-state index contributed by atoms with van der Waals surface area (Å²) in [6, 6.07) is 6.48. The number of amides is 3. The van der Waals surface area contributed by atoms with Crippen LogP contribution >= 0.6 is 11.3 Å². The number of nitrogens with one attached hydrogen (secondary N) is 2. The number of rotatable bonds is 11. The van der Waals surface area contributed by atoms with E-state index in [1.807, 2.05) is 71.3 Å². The molecule has 2 heterocycles. The number of azide groups is 1. The van der Waals surface area contributed by atoms with Crippen molar-refractivity contribution < 1.29 is 19.1 Å². The molecule has 11 nitrogen and oxygen atoms in total. The fraction of sp³-hybridized carbons (Fsp3) is 0.571. The molecule has 216 valence electrons. The normalized spacial score (nSPS) is 17.1. The van der Waals surface area contributed by atoms with E-state index in [1.165, 1.54) is 0 Å². The number of carbonyl (C=O) groups excluding carboxylic acids is 3. The SMILES string of the molecule is Cc1ncsc1-c1ccc(CNC(=O)[C@H]2N(C(=O)[C@@H](NC(=O)COCCN=[N+]=[N-])C(C)(C)C)CCC2(C)C)cc1. The van der Waals surface area contributed by atoms with Gasteiger partial charge < -0.3 is 20.3 Å². The average Bonchev–Trinajstić information content (AvgIpc) is 3.46. The largest absolute Gasteiger partial charge is 0.372 e. The summed E-state index contributed by atoms with van der Waals surface area (Å²) < 4.78 is 5.25. The molecular formula is C28H39N7O4S. The van der Waals surface area contributed by atoms with Crippen molar-refractivity contribution in [2.75, 3.05) is 26.3 Å². The number of nitrogens with zero attached hydrogens (tertiary/aromatic N) is 5. The highest BCUT2D eigenvalue weighted by atomic mass is 32.1. The minimum absolute atomic E-state index is 0.0990. The van der Waals surface area contributed by atoms with Crippen molar-refractivity contribution in [3.05, 3.63) is 51.5 Å². The number of ether oxygens (including phenoxy) is 1. The van der Waals surface area contributed by atoms with E-state index >= 15 is 0 Å². The zero-order valence-electron chi connectivity index (χ0n) is 24.1. The fourth-order valence-electron chi connectivity index (χ4n) is 4.80. The van der Waals surface area contributed by atoms with E-state index < -0.39 is 28.8 Å². The Hall–Kier alpha value is -3.47. The highest BCUT2D eigenvalue weighted by Crippen LogP contribution is 2.38. The molecule has 3 rings (SSSR count). The smallest absolute Gasteiger partial charge is 0.246 e. The van der Waals surface area contributed by atoms with Crippen LogP contribution in [0.15, 0.2) is 34.9 Å². The van der Waals surface area contributed by atoms with E-state index in [0.717, 1.165) is 21.7 Å². The summed E-state index contributed by atoms with van der Waals surface area (Å²) in [5, 5.41) is 9.18. The van der Waals surface area contributed by atoms with E-state index in [4.69, 9.17) is 10.3 Å². The second-order valence-corrected chi connectivity index (χ2v) is 12.6. The lowest BCUT2D eigenvalue weighted by Gasteiger charge is -2.37.